The zero-order valence-corrected chi connectivity index (χ0v) is 19.6. The maximum atomic E-state index is 12.1. The van der Waals surface area contributed by atoms with Gasteiger partial charge in [-0.3, -0.25) is 9.79 Å². The molecule has 0 saturated heterocycles. The van der Waals surface area contributed by atoms with Gasteiger partial charge >= 0.3 is 0 Å². The van der Waals surface area contributed by atoms with Crippen molar-refractivity contribution in [2.75, 3.05) is 32.6 Å². The van der Waals surface area contributed by atoms with Gasteiger partial charge in [-0.05, 0) is 37.3 Å². The summed E-state index contributed by atoms with van der Waals surface area (Å²) in [5, 5.41) is 8.88. The van der Waals surface area contributed by atoms with E-state index in [1.54, 1.807) is 38.4 Å². The van der Waals surface area contributed by atoms with Crippen molar-refractivity contribution in [3.05, 3.63) is 54.1 Å². The number of methoxy groups -OCH3 is 1. The number of hydrogen-bond donors (Lipinski definition) is 3. The molecule has 0 bridgehead atoms. The third-order valence-corrected chi connectivity index (χ3v) is 3.91. The molecule has 0 spiro atoms. The Balaban J connectivity index is 0.00000450. The van der Waals surface area contributed by atoms with Gasteiger partial charge in [-0.25, -0.2) is 0 Å². The summed E-state index contributed by atoms with van der Waals surface area (Å²) in [5.41, 5.74) is 1.35. The molecule has 2 rings (SSSR count). The number of nitrogens with zero attached hydrogens (tertiary/aromatic N) is 1. The lowest BCUT2D eigenvalue weighted by atomic mass is 10.2. The zero-order chi connectivity index (χ0) is 21.1. The lowest BCUT2D eigenvalue weighted by molar-refractivity contribution is -0.115. The van der Waals surface area contributed by atoms with Crippen LogP contribution in [0.3, 0.4) is 0 Å². The molecule has 2 aromatic rings. The second-order valence-corrected chi connectivity index (χ2v) is 6.16. The number of carbonyl (C=O) groups is 1. The Labute approximate surface area is 194 Å². The van der Waals surface area contributed by atoms with Crippen molar-refractivity contribution in [2.24, 2.45) is 4.99 Å². The van der Waals surface area contributed by atoms with Crippen LogP contribution in [0.2, 0.25) is 0 Å². The fraction of sp³-hybridized carbons (Fsp3) is 0.273. The van der Waals surface area contributed by atoms with Gasteiger partial charge in [0, 0.05) is 18.3 Å². The number of terminal acetylenes is 1. The molecular formula is C22H27IN4O3. The quantitative estimate of drug-likeness (QED) is 0.215. The Morgan fingerprint density at radius 2 is 1.90 bits per heavy atom. The molecule has 0 saturated carbocycles. The number of hydrogen-bond acceptors (Lipinski definition) is 4. The molecule has 0 aliphatic rings. The Morgan fingerprint density at radius 1 is 1.17 bits per heavy atom. The summed E-state index contributed by atoms with van der Waals surface area (Å²) >= 11 is 0. The first-order chi connectivity index (χ1) is 14.0. The van der Waals surface area contributed by atoms with Crippen molar-refractivity contribution in [1.82, 2.24) is 10.6 Å². The average molecular weight is 522 g/mol. The lowest BCUT2D eigenvalue weighted by Crippen LogP contribution is -2.44. The third-order valence-electron chi connectivity index (χ3n) is 3.91. The van der Waals surface area contributed by atoms with Gasteiger partial charge in [-0.15, -0.1) is 30.4 Å². The number of para-hydroxylation sites is 2. The minimum atomic E-state index is -0.208. The molecule has 0 aliphatic heterocycles. The fourth-order valence-electron chi connectivity index (χ4n) is 2.49. The number of nitrogens with one attached hydrogen (secondary N) is 3. The van der Waals surface area contributed by atoms with Crippen molar-refractivity contribution >= 4 is 41.5 Å². The highest BCUT2D eigenvalue weighted by atomic mass is 127. The number of carbonyl (C=O) groups excluding carboxylic acids is 1. The van der Waals surface area contributed by atoms with Crippen LogP contribution < -0.4 is 25.4 Å². The van der Waals surface area contributed by atoms with Crippen LogP contribution in [0, 0.1) is 12.3 Å². The highest BCUT2D eigenvalue weighted by Gasteiger charge is 2.10. The summed E-state index contributed by atoms with van der Waals surface area (Å²) in [7, 11) is 3.24. The standard InChI is InChI=1S/C22H26N4O3.HI/c1-5-17-9-8-10-18(13-17)26-21(27)15-25-22(23-3)24-14-16(2)29-20-12-7-6-11-19(20)28-4;/h1,6-13,16H,14-15H2,2-4H3,(H,26,27)(H2,23,24,25);1H. The Morgan fingerprint density at radius 3 is 2.57 bits per heavy atom. The van der Waals surface area contributed by atoms with Crippen molar-refractivity contribution in [2.45, 2.75) is 13.0 Å². The van der Waals surface area contributed by atoms with E-state index in [0.29, 0.717) is 35.3 Å². The van der Waals surface area contributed by atoms with E-state index in [1.807, 2.05) is 31.2 Å². The second kappa shape index (κ2) is 13.3. The number of rotatable bonds is 8. The van der Waals surface area contributed by atoms with Gasteiger partial charge in [0.05, 0.1) is 20.2 Å². The Bertz CT molecular complexity index is 896. The summed E-state index contributed by atoms with van der Waals surface area (Å²) in [6.07, 6.45) is 5.22. The van der Waals surface area contributed by atoms with Gasteiger partial charge < -0.3 is 25.4 Å². The minimum Gasteiger partial charge on any atom is -0.493 e. The van der Waals surface area contributed by atoms with Crippen molar-refractivity contribution in [1.29, 1.82) is 0 Å². The van der Waals surface area contributed by atoms with E-state index in [9.17, 15) is 4.79 Å². The average Bonchev–Trinajstić information content (AvgIpc) is 2.74. The van der Waals surface area contributed by atoms with Crippen LogP contribution in [0.25, 0.3) is 0 Å². The van der Waals surface area contributed by atoms with Crippen LogP contribution in [-0.2, 0) is 4.79 Å². The van der Waals surface area contributed by atoms with Crippen LogP contribution >= 0.6 is 24.0 Å². The van der Waals surface area contributed by atoms with Crippen molar-refractivity contribution < 1.29 is 14.3 Å². The molecule has 160 valence electrons. The monoisotopic (exact) mass is 522 g/mol. The maximum absolute atomic E-state index is 12.1. The summed E-state index contributed by atoms with van der Waals surface area (Å²) in [5.74, 6) is 4.16. The molecule has 0 heterocycles. The van der Waals surface area contributed by atoms with E-state index >= 15 is 0 Å². The fourth-order valence-corrected chi connectivity index (χ4v) is 2.49. The van der Waals surface area contributed by atoms with Crippen LogP contribution in [0.5, 0.6) is 11.5 Å². The Kier molecular flexibility index (Phi) is 11.1. The number of benzene rings is 2. The van der Waals surface area contributed by atoms with Crippen molar-refractivity contribution in [3.8, 4) is 23.8 Å². The molecule has 1 atom stereocenters. The van der Waals surface area contributed by atoms with Crippen LogP contribution in [-0.4, -0.2) is 45.2 Å². The largest absolute Gasteiger partial charge is 0.493 e. The molecule has 0 aromatic heterocycles. The second-order valence-electron chi connectivity index (χ2n) is 6.16. The molecule has 0 radical (unpaired) electrons. The van der Waals surface area contributed by atoms with Gasteiger partial charge in [0.2, 0.25) is 5.91 Å². The van der Waals surface area contributed by atoms with Gasteiger partial charge in [0.15, 0.2) is 17.5 Å². The molecule has 7 nitrogen and oxygen atoms in total. The van der Waals surface area contributed by atoms with Gasteiger partial charge in [-0.2, -0.15) is 0 Å². The molecule has 8 heteroatoms. The predicted octanol–water partition coefficient (Wildman–Crippen LogP) is 2.87. The van der Waals surface area contributed by atoms with Crippen LogP contribution in [0.4, 0.5) is 5.69 Å². The molecule has 1 amide bonds. The van der Waals surface area contributed by atoms with Gasteiger partial charge in [0.1, 0.15) is 6.10 Å². The number of aliphatic imine (C=N–C) groups is 1. The molecular weight excluding hydrogens is 495 g/mol. The number of amides is 1. The predicted molar refractivity (Wildman–Crippen MR) is 131 cm³/mol. The van der Waals surface area contributed by atoms with E-state index in [2.05, 4.69) is 26.9 Å². The van der Waals surface area contributed by atoms with Crippen molar-refractivity contribution in [3.63, 3.8) is 0 Å². The molecule has 30 heavy (non-hydrogen) atoms. The summed E-state index contributed by atoms with van der Waals surface area (Å²) in [4.78, 5) is 16.3. The molecule has 3 N–H and O–H groups in total. The normalized spacial score (nSPS) is 11.3. The third kappa shape index (κ3) is 8.21. The number of ether oxygens (including phenoxy) is 2. The zero-order valence-electron chi connectivity index (χ0n) is 17.3. The first-order valence-corrected chi connectivity index (χ1v) is 9.16. The first kappa shape index (κ1) is 25.1. The SMILES string of the molecule is C#Cc1cccc(NC(=O)CNC(=NC)NCC(C)Oc2ccccc2OC)c1.I. The highest BCUT2D eigenvalue weighted by molar-refractivity contribution is 14.0. The minimum absolute atomic E-state index is 0. The van der Waals surface area contributed by atoms with Crippen LogP contribution in [0.15, 0.2) is 53.5 Å². The maximum Gasteiger partial charge on any atom is 0.243 e. The molecule has 2 aromatic carbocycles. The number of anilines is 1. The van der Waals surface area contributed by atoms with E-state index in [1.165, 1.54) is 0 Å². The number of guanidine groups is 1. The molecule has 1 unspecified atom stereocenters. The smallest absolute Gasteiger partial charge is 0.243 e. The van der Waals surface area contributed by atoms with E-state index in [-0.39, 0.29) is 42.5 Å². The first-order valence-electron chi connectivity index (χ1n) is 9.16. The summed E-state index contributed by atoms with van der Waals surface area (Å²) < 4.78 is 11.2. The summed E-state index contributed by atoms with van der Waals surface area (Å²) in [6, 6.07) is 14.6. The van der Waals surface area contributed by atoms with E-state index < -0.39 is 0 Å². The van der Waals surface area contributed by atoms with E-state index in [0.717, 1.165) is 0 Å². The molecule has 0 fully saturated rings. The van der Waals surface area contributed by atoms with Gasteiger partial charge in [-0.1, -0.05) is 24.1 Å². The van der Waals surface area contributed by atoms with Crippen LogP contribution in [0.1, 0.15) is 12.5 Å². The highest BCUT2D eigenvalue weighted by Crippen LogP contribution is 2.26. The topological polar surface area (TPSA) is 84.0 Å². The van der Waals surface area contributed by atoms with Gasteiger partial charge in [0.25, 0.3) is 0 Å². The van der Waals surface area contributed by atoms with E-state index in [4.69, 9.17) is 15.9 Å². The summed E-state index contributed by atoms with van der Waals surface area (Å²) in [6.45, 7) is 2.48. The number of halogens is 1. The Hall–Kier alpha value is -2.93. The lowest BCUT2D eigenvalue weighted by Gasteiger charge is -2.19. The molecule has 0 aliphatic carbocycles.